The molecule has 0 saturated heterocycles. The van der Waals surface area contributed by atoms with Crippen LogP contribution < -0.4 is 14.8 Å². The summed E-state index contributed by atoms with van der Waals surface area (Å²) in [5, 5.41) is 3.49. The first-order chi connectivity index (χ1) is 8.56. The van der Waals surface area contributed by atoms with Gasteiger partial charge in [0.1, 0.15) is 0 Å². The number of hydrogen-bond donors (Lipinski definition) is 1. The number of benzene rings is 1. The van der Waals surface area contributed by atoms with Crippen LogP contribution in [-0.2, 0) is 0 Å². The quantitative estimate of drug-likeness (QED) is 0.796. The molecule has 0 aliphatic rings. The van der Waals surface area contributed by atoms with Gasteiger partial charge in [-0.05, 0) is 37.8 Å². The van der Waals surface area contributed by atoms with Crippen LogP contribution in [0.3, 0.4) is 0 Å². The molecule has 1 unspecified atom stereocenters. The predicted octanol–water partition coefficient (Wildman–Crippen LogP) is 3.94. The molecular weight excluding hydrogens is 226 g/mol. The van der Waals surface area contributed by atoms with Gasteiger partial charge in [0.2, 0.25) is 0 Å². The van der Waals surface area contributed by atoms with E-state index in [1.165, 1.54) is 12.8 Å². The predicted molar refractivity (Wildman–Crippen MR) is 76.7 cm³/mol. The first-order valence-corrected chi connectivity index (χ1v) is 6.55. The monoisotopic (exact) mass is 251 g/mol. The Morgan fingerprint density at radius 3 is 2.22 bits per heavy atom. The summed E-state index contributed by atoms with van der Waals surface area (Å²) in [6, 6.07) is 6.39. The largest absolute Gasteiger partial charge is 0.493 e. The maximum absolute atomic E-state index is 5.29. The Morgan fingerprint density at radius 1 is 1.00 bits per heavy atom. The lowest BCUT2D eigenvalue weighted by atomic mass is 10.0. The van der Waals surface area contributed by atoms with E-state index in [1.54, 1.807) is 14.2 Å². The summed E-state index contributed by atoms with van der Waals surface area (Å²) in [6.45, 7) is 6.71. The lowest BCUT2D eigenvalue weighted by Crippen LogP contribution is -2.15. The van der Waals surface area contributed by atoms with E-state index >= 15 is 0 Å². The molecule has 0 fully saturated rings. The second kappa shape index (κ2) is 7.14. The van der Waals surface area contributed by atoms with Crippen molar-refractivity contribution in [2.24, 2.45) is 5.92 Å². The standard InChI is InChI=1S/C15H25NO2/c1-11(2)6-7-12(3)16-13-8-9-14(17-4)15(10-13)18-5/h8-12,16H,6-7H2,1-5H3. The molecule has 1 N–H and O–H groups in total. The first kappa shape index (κ1) is 14.7. The Kier molecular flexibility index (Phi) is 5.83. The zero-order valence-corrected chi connectivity index (χ0v) is 12.1. The molecule has 0 aromatic heterocycles. The molecule has 0 aliphatic carbocycles. The van der Waals surface area contributed by atoms with Crippen LogP contribution >= 0.6 is 0 Å². The minimum absolute atomic E-state index is 0.463. The van der Waals surface area contributed by atoms with E-state index in [4.69, 9.17) is 9.47 Å². The molecule has 0 bridgehead atoms. The topological polar surface area (TPSA) is 30.5 Å². The number of rotatable bonds is 7. The third-order valence-corrected chi connectivity index (χ3v) is 2.97. The van der Waals surface area contributed by atoms with Gasteiger partial charge in [0.15, 0.2) is 11.5 Å². The summed E-state index contributed by atoms with van der Waals surface area (Å²) >= 11 is 0. The van der Waals surface area contributed by atoms with E-state index < -0.39 is 0 Å². The first-order valence-electron chi connectivity index (χ1n) is 6.55. The van der Waals surface area contributed by atoms with Gasteiger partial charge in [0, 0.05) is 17.8 Å². The molecule has 18 heavy (non-hydrogen) atoms. The molecule has 0 aliphatic heterocycles. The Morgan fingerprint density at radius 2 is 1.67 bits per heavy atom. The molecule has 0 heterocycles. The average Bonchev–Trinajstić information content (AvgIpc) is 2.36. The van der Waals surface area contributed by atoms with Gasteiger partial charge in [-0.25, -0.2) is 0 Å². The molecule has 0 saturated carbocycles. The second-order valence-corrected chi connectivity index (χ2v) is 5.09. The summed E-state index contributed by atoms with van der Waals surface area (Å²) in [7, 11) is 3.31. The Labute approximate surface area is 110 Å². The van der Waals surface area contributed by atoms with Gasteiger partial charge >= 0.3 is 0 Å². The van der Waals surface area contributed by atoms with Crippen molar-refractivity contribution in [1.29, 1.82) is 0 Å². The molecule has 1 atom stereocenters. The van der Waals surface area contributed by atoms with Gasteiger partial charge in [-0.1, -0.05) is 13.8 Å². The van der Waals surface area contributed by atoms with E-state index in [0.29, 0.717) is 6.04 Å². The zero-order valence-electron chi connectivity index (χ0n) is 12.1. The lowest BCUT2D eigenvalue weighted by molar-refractivity contribution is 0.355. The molecule has 1 aromatic rings. The van der Waals surface area contributed by atoms with Crippen molar-refractivity contribution in [1.82, 2.24) is 0 Å². The number of ether oxygens (including phenoxy) is 2. The summed E-state index contributed by atoms with van der Waals surface area (Å²) in [5.41, 5.74) is 1.07. The van der Waals surface area contributed by atoms with Crippen molar-refractivity contribution < 1.29 is 9.47 Å². The minimum Gasteiger partial charge on any atom is -0.493 e. The van der Waals surface area contributed by atoms with E-state index in [9.17, 15) is 0 Å². The maximum Gasteiger partial charge on any atom is 0.162 e. The van der Waals surface area contributed by atoms with Gasteiger partial charge in [-0.3, -0.25) is 0 Å². The number of anilines is 1. The molecule has 3 heteroatoms. The SMILES string of the molecule is COc1ccc(NC(C)CCC(C)C)cc1OC. The molecule has 0 radical (unpaired) electrons. The Bertz CT molecular complexity index is 364. The van der Waals surface area contributed by atoms with Crippen LogP contribution in [0.1, 0.15) is 33.6 Å². The van der Waals surface area contributed by atoms with Gasteiger partial charge < -0.3 is 14.8 Å². The van der Waals surface area contributed by atoms with Crippen LogP contribution in [-0.4, -0.2) is 20.3 Å². The fourth-order valence-electron chi connectivity index (χ4n) is 1.87. The Hall–Kier alpha value is -1.38. The van der Waals surface area contributed by atoms with Crippen LogP contribution in [0.4, 0.5) is 5.69 Å². The third-order valence-electron chi connectivity index (χ3n) is 2.97. The van der Waals surface area contributed by atoms with Crippen LogP contribution in [0.25, 0.3) is 0 Å². The van der Waals surface area contributed by atoms with E-state index in [1.807, 2.05) is 18.2 Å². The average molecular weight is 251 g/mol. The number of nitrogens with one attached hydrogen (secondary N) is 1. The second-order valence-electron chi connectivity index (χ2n) is 5.09. The fraction of sp³-hybridized carbons (Fsp3) is 0.600. The normalized spacial score (nSPS) is 12.3. The van der Waals surface area contributed by atoms with Crippen molar-refractivity contribution in [2.75, 3.05) is 19.5 Å². The molecular formula is C15H25NO2. The molecule has 1 aromatic carbocycles. The third kappa shape index (κ3) is 4.47. The van der Waals surface area contributed by atoms with E-state index in [2.05, 4.69) is 26.1 Å². The summed E-state index contributed by atoms with van der Waals surface area (Å²) in [5.74, 6) is 2.27. The van der Waals surface area contributed by atoms with Crippen molar-refractivity contribution >= 4 is 5.69 Å². The van der Waals surface area contributed by atoms with Crippen molar-refractivity contribution in [2.45, 2.75) is 39.7 Å². The van der Waals surface area contributed by atoms with E-state index in [0.717, 1.165) is 23.1 Å². The van der Waals surface area contributed by atoms with Gasteiger partial charge in [0.05, 0.1) is 14.2 Å². The highest BCUT2D eigenvalue weighted by atomic mass is 16.5. The van der Waals surface area contributed by atoms with E-state index in [-0.39, 0.29) is 0 Å². The highest BCUT2D eigenvalue weighted by Crippen LogP contribution is 2.30. The highest BCUT2D eigenvalue weighted by Gasteiger charge is 2.07. The van der Waals surface area contributed by atoms with Gasteiger partial charge in [-0.15, -0.1) is 0 Å². The molecule has 0 spiro atoms. The summed E-state index contributed by atoms with van der Waals surface area (Å²) in [4.78, 5) is 0. The van der Waals surface area contributed by atoms with Crippen LogP contribution in [0.15, 0.2) is 18.2 Å². The molecule has 1 rings (SSSR count). The minimum atomic E-state index is 0.463. The molecule has 102 valence electrons. The number of methoxy groups -OCH3 is 2. The van der Waals surface area contributed by atoms with Crippen LogP contribution in [0.2, 0.25) is 0 Å². The maximum atomic E-state index is 5.29. The zero-order chi connectivity index (χ0) is 13.5. The fourth-order valence-corrected chi connectivity index (χ4v) is 1.87. The smallest absolute Gasteiger partial charge is 0.162 e. The van der Waals surface area contributed by atoms with Crippen LogP contribution in [0.5, 0.6) is 11.5 Å². The molecule has 0 amide bonds. The van der Waals surface area contributed by atoms with Gasteiger partial charge in [-0.2, -0.15) is 0 Å². The number of hydrogen-bond acceptors (Lipinski definition) is 3. The van der Waals surface area contributed by atoms with Gasteiger partial charge in [0.25, 0.3) is 0 Å². The van der Waals surface area contributed by atoms with Crippen molar-refractivity contribution in [3.05, 3.63) is 18.2 Å². The molecule has 3 nitrogen and oxygen atoms in total. The summed E-state index contributed by atoms with van der Waals surface area (Å²) < 4.78 is 10.5. The summed E-state index contributed by atoms with van der Waals surface area (Å²) in [6.07, 6.45) is 2.41. The van der Waals surface area contributed by atoms with Crippen LogP contribution in [0, 0.1) is 5.92 Å². The lowest BCUT2D eigenvalue weighted by Gasteiger charge is -2.17. The highest BCUT2D eigenvalue weighted by molar-refractivity contribution is 5.55. The Balaban J connectivity index is 2.61. The van der Waals surface area contributed by atoms with Crippen molar-refractivity contribution in [3.63, 3.8) is 0 Å². The van der Waals surface area contributed by atoms with Crippen molar-refractivity contribution in [3.8, 4) is 11.5 Å².